The smallest absolute Gasteiger partial charge is 0.333 e. The number of carbonyl (C=O) groups is 1. The first kappa shape index (κ1) is 28.4. The van der Waals surface area contributed by atoms with Crippen molar-refractivity contribution in [1.82, 2.24) is 14.1 Å². The third-order valence-electron chi connectivity index (χ3n) is 6.40. The Morgan fingerprint density at radius 2 is 1.48 bits per heavy atom. The van der Waals surface area contributed by atoms with Crippen LogP contribution in [0.3, 0.4) is 0 Å². The Morgan fingerprint density at radius 3 is 2.12 bits per heavy atom. The maximum atomic E-state index is 13.6. The molecule has 8 nitrogen and oxygen atoms in total. The van der Waals surface area contributed by atoms with Gasteiger partial charge in [0.15, 0.2) is 0 Å². The van der Waals surface area contributed by atoms with Gasteiger partial charge < -0.3 is 14.2 Å². The van der Waals surface area contributed by atoms with Gasteiger partial charge in [-0.3, -0.25) is 9.13 Å². The first-order valence-corrected chi connectivity index (χ1v) is 13.7. The Bertz CT molecular complexity index is 1780. The van der Waals surface area contributed by atoms with E-state index < -0.39 is 11.6 Å². The molecule has 0 N–H and O–H groups in total. The largest absolute Gasteiger partial charge is 0.473 e. The normalized spacial score (nSPS) is 11.6. The minimum Gasteiger partial charge on any atom is -0.473 e. The molecule has 5 rings (SSSR count). The van der Waals surface area contributed by atoms with Gasteiger partial charge in [0.05, 0.1) is 11.0 Å². The molecular formula is C34H33N3O5. The average Bonchev–Trinajstić information content (AvgIpc) is 3.23. The topological polar surface area (TPSA) is 84.6 Å². The van der Waals surface area contributed by atoms with E-state index >= 15 is 0 Å². The molecule has 0 radical (unpaired) electrons. The first-order valence-electron chi connectivity index (χ1n) is 13.7. The second kappa shape index (κ2) is 12.2. The van der Waals surface area contributed by atoms with Crippen molar-refractivity contribution in [2.75, 3.05) is 0 Å². The van der Waals surface area contributed by atoms with Gasteiger partial charge in [-0.05, 0) is 61.7 Å². The molecule has 0 saturated carbocycles. The highest BCUT2D eigenvalue weighted by Crippen LogP contribution is 2.28. The molecule has 214 valence electrons. The Balaban J connectivity index is 1.50. The number of fused-ring (bicyclic) bond motifs is 1. The van der Waals surface area contributed by atoms with E-state index in [0.717, 1.165) is 16.7 Å². The van der Waals surface area contributed by atoms with Crippen molar-refractivity contribution in [3.8, 4) is 17.4 Å². The fraction of sp³-hybridized carbons (Fsp3) is 0.206. The molecule has 42 heavy (non-hydrogen) atoms. The van der Waals surface area contributed by atoms with Crippen molar-refractivity contribution >= 4 is 23.1 Å². The van der Waals surface area contributed by atoms with Crippen LogP contribution in [0.5, 0.6) is 11.8 Å². The molecule has 0 bridgehead atoms. The second-order valence-electron chi connectivity index (χ2n) is 10.8. The molecule has 0 aliphatic carbocycles. The van der Waals surface area contributed by atoms with Crippen molar-refractivity contribution in [3.05, 3.63) is 124 Å². The summed E-state index contributed by atoms with van der Waals surface area (Å²) in [6.07, 6.45) is 3.05. The predicted molar refractivity (Wildman–Crippen MR) is 163 cm³/mol. The van der Waals surface area contributed by atoms with Gasteiger partial charge >= 0.3 is 11.7 Å². The molecular weight excluding hydrogens is 530 g/mol. The average molecular weight is 564 g/mol. The number of rotatable bonds is 9. The molecule has 8 heteroatoms. The lowest BCUT2D eigenvalue weighted by Crippen LogP contribution is -2.22. The van der Waals surface area contributed by atoms with Crippen LogP contribution in [0.1, 0.15) is 37.5 Å². The Morgan fingerprint density at radius 1 is 0.833 bits per heavy atom. The van der Waals surface area contributed by atoms with Crippen LogP contribution in [-0.4, -0.2) is 25.7 Å². The number of hydrogen-bond donors (Lipinski definition) is 0. The van der Waals surface area contributed by atoms with Crippen LogP contribution in [0.4, 0.5) is 0 Å². The highest BCUT2D eigenvalue weighted by Gasteiger charge is 2.19. The third kappa shape index (κ3) is 6.78. The van der Waals surface area contributed by atoms with Gasteiger partial charge in [-0.2, -0.15) is 4.98 Å². The summed E-state index contributed by atoms with van der Waals surface area (Å²) in [5, 5.41) is 0. The summed E-state index contributed by atoms with van der Waals surface area (Å²) in [7, 11) is 1.71. The minimum atomic E-state index is -0.580. The quantitative estimate of drug-likeness (QED) is 0.156. The summed E-state index contributed by atoms with van der Waals surface area (Å²) in [4.78, 5) is 30.4. The number of hydrogen-bond acceptors (Lipinski definition) is 6. The maximum absolute atomic E-state index is 13.6. The van der Waals surface area contributed by atoms with E-state index in [0.29, 0.717) is 29.2 Å². The summed E-state index contributed by atoms with van der Waals surface area (Å²) >= 11 is 0. The van der Waals surface area contributed by atoms with Gasteiger partial charge in [-0.25, -0.2) is 9.59 Å². The van der Waals surface area contributed by atoms with Crippen LogP contribution in [-0.2, 0) is 29.8 Å². The summed E-state index contributed by atoms with van der Waals surface area (Å²) < 4.78 is 20.6. The number of ether oxygens (including phenoxy) is 3. The lowest BCUT2D eigenvalue weighted by molar-refractivity contribution is -0.148. The number of aromatic nitrogens is 3. The minimum absolute atomic E-state index is 0.261. The van der Waals surface area contributed by atoms with E-state index in [1.807, 2.05) is 99.6 Å². The molecule has 0 aliphatic rings. The first-order chi connectivity index (χ1) is 20.2. The van der Waals surface area contributed by atoms with Gasteiger partial charge in [0.1, 0.15) is 24.5 Å². The predicted octanol–water partition coefficient (Wildman–Crippen LogP) is 6.24. The van der Waals surface area contributed by atoms with Gasteiger partial charge in [0.2, 0.25) is 11.8 Å². The van der Waals surface area contributed by atoms with E-state index in [4.69, 9.17) is 14.2 Å². The number of benzene rings is 3. The summed E-state index contributed by atoms with van der Waals surface area (Å²) in [5.41, 5.74) is 3.73. The lowest BCUT2D eigenvalue weighted by Gasteiger charge is -2.17. The lowest BCUT2D eigenvalue weighted by atomic mass is 10.1. The molecule has 0 amide bonds. The van der Waals surface area contributed by atoms with Gasteiger partial charge in [0.25, 0.3) is 0 Å². The fourth-order valence-corrected chi connectivity index (χ4v) is 4.42. The van der Waals surface area contributed by atoms with E-state index in [1.165, 1.54) is 6.08 Å². The Hall–Kier alpha value is -5.11. The van der Waals surface area contributed by atoms with E-state index in [1.54, 1.807) is 34.4 Å². The monoisotopic (exact) mass is 563 g/mol. The van der Waals surface area contributed by atoms with E-state index in [9.17, 15) is 9.59 Å². The summed E-state index contributed by atoms with van der Waals surface area (Å²) in [6.45, 7) is 6.06. The highest BCUT2D eigenvalue weighted by atomic mass is 16.6. The maximum Gasteiger partial charge on any atom is 0.333 e. The number of pyridine rings is 1. The van der Waals surface area contributed by atoms with Crippen molar-refractivity contribution < 1.29 is 19.0 Å². The van der Waals surface area contributed by atoms with Crippen LogP contribution in [0.25, 0.3) is 22.8 Å². The number of esters is 1. The number of aryl methyl sites for hydroxylation is 1. The van der Waals surface area contributed by atoms with Crippen LogP contribution < -0.4 is 15.2 Å². The molecule has 0 aliphatic heterocycles. The molecule has 0 spiro atoms. The van der Waals surface area contributed by atoms with Crippen LogP contribution in [0.15, 0.2) is 102 Å². The van der Waals surface area contributed by atoms with Crippen molar-refractivity contribution in [2.24, 2.45) is 7.05 Å². The molecule has 0 atom stereocenters. The Kier molecular flexibility index (Phi) is 8.24. The van der Waals surface area contributed by atoms with E-state index in [-0.39, 0.29) is 18.2 Å². The SMILES string of the molecule is Cn1c(=O)n(-c2ccc(OCc3ccccc3)nc2OCc2ccccc2)c2ccc(/C=C/C(=O)OC(C)(C)C)cc21. The molecule has 0 fully saturated rings. The number of carbonyl (C=O) groups excluding carboxylic acids is 1. The molecule has 5 aromatic rings. The highest BCUT2D eigenvalue weighted by molar-refractivity contribution is 5.89. The molecule has 2 aromatic heterocycles. The van der Waals surface area contributed by atoms with Crippen LogP contribution >= 0.6 is 0 Å². The van der Waals surface area contributed by atoms with Gasteiger partial charge in [-0.1, -0.05) is 66.7 Å². The number of imidazole rings is 1. The molecule has 0 unspecified atom stereocenters. The Labute approximate surface area is 244 Å². The van der Waals surface area contributed by atoms with Crippen LogP contribution in [0, 0.1) is 0 Å². The molecule has 2 heterocycles. The summed E-state index contributed by atoms with van der Waals surface area (Å²) in [5.74, 6) is 0.219. The van der Waals surface area contributed by atoms with Gasteiger partial charge in [-0.15, -0.1) is 0 Å². The third-order valence-corrected chi connectivity index (χ3v) is 6.40. The zero-order valence-corrected chi connectivity index (χ0v) is 24.1. The second-order valence-corrected chi connectivity index (χ2v) is 10.8. The zero-order chi connectivity index (χ0) is 29.7. The number of nitrogens with zero attached hydrogens (tertiary/aromatic N) is 3. The van der Waals surface area contributed by atoms with Crippen molar-refractivity contribution in [1.29, 1.82) is 0 Å². The standard InChI is InChI=1S/C34H33N3O5/c1-34(2,3)42-31(38)20-16-24-15-17-27-29(21-24)36(4)33(39)37(27)28-18-19-30(40-22-25-11-7-5-8-12-25)35-32(28)41-23-26-13-9-6-10-14-26/h5-21H,22-23H2,1-4H3/b20-16+. The molecule has 3 aromatic carbocycles. The van der Waals surface area contributed by atoms with Crippen LogP contribution in [0.2, 0.25) is 0 Å². The van der Waals surface area contributed by atoms with E-state index in [2.05, 4.69) is 4.98 Å². The van der Waals surface area contributed by atoms with Crippen molar-refractivity contribution in [2.45, 2.75) is 39.6 Å². The zero-order valence-electron chi connectivity index (χ0n) is 24.1. The van der Waals surface area contributed by atoms with Gasteiger partial charge in [0, 0.05) is 19.2 Å². The summed E-state index contributed by atoms with van der Waals surface area (Å²) in [6, 6.07) is 28.6. The van der Waals surface area contributed by atoms with Crippen molar-refractivity contribution in [3.63, 3.8) is 0 Å². The fourth-order valence-electron chi connectivity index (χ4n) is 4.42. The molecule has 0 saturated heterocycles.